The molecule has 1 aromatic carbocycles. The highest BCUT2D eigenvalue weighted by atomic mass is 16.3. The minimum Gasteiger partial charge on any atom is -0.508 e. The van der Waals surface area contributed by atoms with E-state index in [9.17, 15) is 0 Å². The Morgan fingerprint density at radius 2 is 1.50 bits per heavy atom. The number of allylic oxidation sites excluding steroid dienone is 1. The van der Waals surface area contributed by atoms with Gasteiger partial charge in [0.15, 0.2) is 0 Å². The van der Waals surface area contributed by atoms with Crippen molar-refractivity contribution in [1.29, 1.82) is 0 Å². The number of rotatable bonds is 2. The molecule has 0 heterocycles. The fourth-order valence-corrected chi connectivity index (χ4v) is 0.791. The first-order valence-electron chi connectivity index (χ1n) is 5.40. The average molecular weight is 221 g/mol. The summed E-state index contributed by atoms with van der Waals surface area (Å²) < 4.78 is 0. The third-order valence-electron chi connectivity index (χ3n) is 1.23. The van der Waals surface area contributed by atoms with Gasteiger partial charge in [-0.25, -0.2) is 0 Å². The second-order valence-corrected chi connectivity index (χ2v) is 5.45. The lowest BCUT2D eigenvalue weighted by Gasteiger charge is -2.05. The van der Waals surface area contributed by atoms with Gasteiger partial charge in [0.2, 0.25) is 0 Å². The van der Waals surface area contributed by atoms with Gasteiger partial charge in [0.1, 0.15) is 5.75 Å². The summed E-state index contributed by atoms with van der Waals surface area (Å²) in [6.45, 7) is 14.3. The number of hydrogen-bond donors (Lipinski definition) is 2. The lowest BCUT2D eigenvalue weighted by Crippen LogP contribution is -1.93. The molecule has 2 N–H and O–H groups in total. The first-order chi connectivity index (χ1) is 7.18. The van der Waals surface area contributed by atoms with Crippen LogP contribution in [0.1, 0.15) is 34.6 Å². The summed E-state index contributed by atoms with van der Waals surface area (Å²) in [6, 6.07) is 6.85. The molecule has 0 aromatic heterocycles. The average Bonchev–Trinajstić information content (AvgIpc) is 2.05. The molecule has 2 nitrogen and oxygen atoms in total. The standard InChI is InChI=1S/C9H11NO.C5H12/c1-7(2)10-8-3-5-9(11)6-4-8;1-5(2,3)4/h3-6,10-11H,1H2,2H3;1-4H3. The number of benzene rings is 1. The van der Waals surface area contributed by atoms with Crippen molar-refractivity contribution in [2.45, 2.75) is 34.6 Å². The molecule has 0 atom stereocenters. The molecule has 0 fully saturated rings. The third-order valence-corrected chi connectivity index (χ3v) is 1.23. The number of nitrogens with one attached hydrogen (secondary N) is 1. The maximum Gasteiger partial charge on any atom is 0.115 e. The minimum absolute atomic E-state index is 0.275. The number of phenols is 1. The molecule has 90 valence electrons. The van der Waals surface area contributed by atoms with Crippen molar-refractivity contribution in [3.05, 3.63) is 36.5 Å². The zero-order valence-electron chi connectivity index (χ0n) is 11.0. The van der Waals surface area contributed by atoms with Crippen LogP contribution in [0.5, 0.6) is 5.75 Å². The van der Waals surface area contributed by atoms with Crippen molar-refractivity contribution in [3.63, 3.8) is 0 Å². The smallest absolute Gasteiger partial charge is 0.115 e. The summed E-state index contributed by atoms with van der Waals surface area (Å²) in [5, 5.41) is 12.0. The van der Waals surface area contributed by atoms with E-state index in [4.69, 9.17) is 5.11 Å². The van der Waals surface area contributed by atoms with Crippen LogP contribution in [-0.2, 0) is 0 Å². The van der Waals surface area contributed by atoms with E-state index in [1.807, 2.05) is 6.92 Å². The van der Waals surface area contributed by atoms with Crippen molar-refractivity contribution in [3.8, 4) is 5.75 Å². The van der Waals surface area contributed by atoms with E-state index in [0.717, 1.165) is 11.4 Å². The summed E-state index contributed by atoms with van der Waals surface area (Å²) in [7, 11) is 0. The Labute approximate surface area is 99.0 Å². The van der Waals surface area contributed by atoms with Crippen molar-refractivity contribution in [2.75, 3.05) is 5.32 Å². The number of phenolic OH excluding ortho intramolecular Hbond substituents is 1. The molecule has 0 unspecified atom stereocenters. The lowest BCUT2D eigenvalue weighted by molar-refractivity contribution is 0.469. The van der Waals surface area contributed by atoms with E-state index < -0.39 is 0 Å². The highest BCUT2D eigenvalue weighted by Crippen LogP contribution is 2.14. The molecule has 1 rings (SSSR count). The van der Waals surface area contributed by atoms with Crippen LogP contribution >= 0.6 is 0 Å². The zero-order chi connectivity index (χ0) is 12.8. The maximum atomic E-state index is 8.94. The van der Waals surface area contributed by atoms with Crippen molar-refractivity contribution in [2.24, 2.45) is 5.41 Å². The predicted octanol–water partition coefficient (Wildman–Crippen LogP) is 4.39. The Hall–Kier alpha value is -1.44. The monoisotopic (exact) mass is 221 g/mol. The van der Waals surface area contributed by atoms with E-state index in [1.165, 1.54) is 0 Å². The third kappa shape index (κ3) is 10.6. The van der Waals surface area contributed by atoms with Crippen molar-refractivity contribution >= 4 is 5.69 Å². The van der Waals surface area contributed by atoms with Crippen LogP contribution in [0.4, 0.5) is 5.69 Å². The molecule has 0 spiro atoms. The first kappa shape index (κ1) is 14.6. The van der Waals surface area contributed by atoms with Gasteiger partial charge in [-0.15, -0.1) is 0 Å². The quantitative estimate of drug-likeness (QED) is 0.726. The Balaban J connectivity index is 0.000000385. The van der Waals surface area contributed by atoms with Gasteiger partial charge in [-0.3, -0.25) is 0 Å². The van der Waals surface area contributed by atoms with E-state index in [-0.39, 0.29) is 5.75 Å². The molecule has 0 bridgehead atoms. The molecular weight excluding hydrogens is 198 g/mol. The molecule has 1 aromatic rings. The second kappa shape index (κ2) is 6.21. The van der Waals surface area contributed by atoms with Gasteiger partial charge in [0.25, 0.3) is 0 Å². The first-order valence-corrected chi connectivity index (χ1v) is 5.40. The zero-order valence-corrected chi connectivity index (χ0v) is 11.0. The van der Waals surface area contributed by atoms with Gasteiger partial charge in [-0.2, -0.15) is 0 Å². The highest BCUT2D eigenvalue weighted by Gasteiger charge is 1.95. The van der Waals surface area contributed by atoms with Crippen LogP contribution in [0.25, 0.3) is 0 Å². The predicted molar refractivity (Wildman–Crippen MR) is 71.7 cm³/mol. The van der Waals surface area contributed by atoms with Crippen LogP contribution in [0.3, 0.4) is 0 Å². The van der Waals surface area contributed by atoms with E-state index >= 15 is 0 Å². The van der Waals surface area contributed by atoms with Crippen LogP contribution in [0.15, 0.2) is 36.5 Å². The van der Waals surface area contributed by atoms with Gasteiger partial charge < -0.3 is 10.4 Å². The largest absolute Gasteiger partial charge is 0.508 e. The van der Waals surface area contributed by atoms with Crippen LogP contribution in [0, 0.1) is 5.41 Å². The van der Waals surface area contributed by atoms with Gasteiger partial charge in [0.05, 0.1) is 0 Å². The molecule has 16 heavy (non-hydrogen) atoms. The number of aromatic hydroxyl groups is 1. The molecule has 0 aliphatic carbocycles. The Morgan fingerprint density at radius 3 is 1.81 bits per heavy atom. The summed E-state index contributed by atoms with van der Waals surface area (Å²) in [5.41, 5.74) is 2.32. The molecule has 0 saturated carbocycles. The van der Waals surface area contributed by atoms with Crippen LogP contribution in [0.2, 0.25) is 0 Å². The van der Waals surface area contributed by atoms with Crippen LogP contribution in [-0.4, -0.2) is 5.11 Å². The molecule has 0 radical (unpaired) electrons. The highest BCUT2D eigenvalue weighted by molar-refractivity contribution is 5.49. The molecule has 0 aliphatic rings. The fraction of sp³-hybridized carbons (Fsp3) is 0.429. The Bertz CT molecular complexity index is 314. The maximum absolute atomic E-state index is 8.94. The summed E-state index contributed by atoms with van der Waals surface area (Å²) in [5.74, 6) is 0.275. The van der Waals surface area contributed by atoms with E-state index in [2.05, 4.69) is 39.6 Å². The fourth-order valence-electron chi connectivity index (χ4n) is 0.791. The van der Waals surface area contributed by atoms with Crippen molar-refractivity contribution in [1.82, 2.24) is 0 Å². The molecule has 2 heteroatoms. The molecule has 0 amide bonds. The Morgan fingerprint density at radius 1 is 1.12 bits per heavy atom. The summed E-state index contributed by atoms with van der Waals surface area (Å²) in [6.07, 6.45) is 0. The van der Waals surface area contributed by atoms with Crippen LogP contribution < -0.4 is 5.32 Å². The normalized spacial score (nSPS) is 10.1. The summed E-state index contributed by atoms with van der Waals surface area (Å²) >= 11 is 0. The van der Waals surface area contributed by atoms with Crippen molar-refractivity contribution < 1.29 is 5.11 Å². The van der Waals surface area contributed by atoms with Gasteiger partial charge in [0, 0.05) is 11.4 Å². The summed E-state index contributed by atoms with van der Waals surface area (Å²) in [4.78, 5) is 0. The van der Waals surface area contributed by atoms with E-state index in [0.29, 0.717) is 5.41 Å². The lowest BCUT2D eigenvalue weighted by atomic mass is 10.0. The minimum atomic E-state index is 0.275. The second-order valence-electron chi connectivity index (χ2n) is 5.45. The topological polar surface area (TPSA) is 32.3 Å². The number of anilines is 1. The molecular formula is C14H23NO. The van der Waals surface area contributed by atoms with Gasteiger partial charge >= 0.3 is 0 Å². The SMILES string of the molecule is C=C(C)Nc1ccc(O)cc1.CC(C)(C)C. The number of hydrogen-bond acceptors (Lipinski definition) is 2. The molecule has 0 saturated heterocycles. The van der Waals surface area contributed by atoms with E-state index in [1.54, 1.807) is 24.3 Å². The molecule has 0 aliphatic heterocycles. The Kier molecular flexibility index (Phi) is 5.65. The van der Waals surface area contributed by atoms with Gasteiger partial charge in [-0.1, -0.05) is 34.3 Å². The van der Waals surface area contributed by atoms with Gasteiger partial charge in [-0.05, 0) is 36.6 Å².